The maximum absolute atomic E-state index is 13.6. The summed E-state index contributed by atoms with van der Waals surface area (Å²) >= 11 is 2.91. The van der Waals surface area contributed by atoms with Gasteiger partial charge in [0.05, 0.1) is 6.61 Å². The maximum Gasteiger partial charge on any atom is 0.332 e. The number of hydrogen-bond donors (Lipinski definition) is 3. The van der Waals surface area contributed by atoms with Crippen molar-refractivity contribution in [1.82, 2.24) is 5.32 Å². The Morgan fingerprint density at radius 2 is 1.95 bits per heavy atom. The van der Waals surface area contributed by atoms with Gasteiger partial charge in [0.2, 0.25) is 0 Å². The van der Waals surface area contributed by atoms with E-state index in [-0.39, 0.29) is 24.1 Å². The van der Waals surface area contributed by atoms with Crippen molar-refractivity contribution in [3.63, 3.8) is 0 Å². The highest BCUT2D eigenvalue weighted by atomic mass is 79.9. The van der Waals surface area contributed by atoms with Crippen molar-refractivity contribution in [2.24, 2.45) is 0 Å². The molecule has 1 aromatic rings. The van der Waals surface area contributed by atoms with Gasteiger partial charge in [-0.05, 0) is 12.1 Å². The minimum Gasteiger partial charge on any atom is -0.479 e. The lowest BCUT2D eigenvalue weighted by atomic mass is 9.99. The van der Waals surface area contributed by atoms with Gasteiger partial charge in [0, 0.05) is 17.5 Å². The standard InChI is InChI=1S/C12H11BrF2N2O4/c13-6-3-7(14)9(8(15)4-6)16-11(20)17-12(10(18)19)1-2-21-5-12/h3-4H,1-2,5H2,(H,18,19)(H2,16,17,20). The van der Waals surface area contributed by atoms with Crippen LogP contribution in [0.5, 0.6) is 0 Å². The number of carbonyl (C=O) groups excluding carboxylic acids is 1. The van der Waals surface area contributed by atoms with Crippen molar-refractivity contribution in [3.8, 4) is 0 Å². The van der Waals surface area contributed by atoms with Gasteiger partial charge in [-0.2, -0.15) is 0 Å². The molecule has 114 valence electrons. The maximum atomic E-state index is 13.6. The third kappa shape index (κ3) is 3.30. The molecule has 0 aliphatic carbocycles. The molecule has 0 saturated carbocycles. The summed E-state index contributed by atoms with van der Waals surface area (Å²) < 4.78 is 32.3. The van der Waals surface area contributed by atoms with Gasteiger partial charge in [-0.3, -0.25) is 0 Å². The summed E-state index contributed by atoms with van der Waals surface area (Å²) in [4.78, 5) is 23.0. The number of ether oxygens (including phenoxy) is 1. The molecule has 1 unspecified atom stereocenters. The topological polar surface area (TPSA) is 87.7 Å². The predicted molar refractivity (Wildman–Crippen MR) is 72.0 cm³/mol. The number of amides is 2. The third-order valence-corrected chi connectivity index (χ3v) is 3.49. The highest BCUT2D eigenvalue weighted by Gasteiger charge is 2.44. The van der Waals surface area contributed by atoms with Gasteiger partial charge in [0.15, 0.2) is 17.2 Å². The fourth-order valence-corrected chi connectivity index (χ4v) is 2.31. The monoisotopic (exact) mass is 364 g/mol. The van der Waals surface area contributed by atoms with E-state index in [1.165, 1.54) is 0 Å². The molecule has 1 heterocycles. The van der Waals surface area contributed by atoms with Crippen LogP contribution in [-0.4, -0.2) is 35.9 Å². The minimum atomic E-state index is -1.59. The molecular formula is C12H11BrF2N2O4. The molecule has 1 aliphatic heterocycles. The van der Waals surface area contributed by atoms with Crippen molar-refractivity contribution in [1.29, 1.82) is 0 Å². The molecule has 6 nitrogen and oxygen atoms in total. The molecule has 0 aromatic heterocycles. The van der Waals surface area contributed by atoms with Crippen molar-refractivity contribution in [3.05, 3.63) is 28.2 Å². The van der Waals surface area contributed by atoms with E-state index in [2.05, 4.69) is 21.2 Å². The Hall–Kier alpha value is -1.74. The van der Waals surface area contributed by atoms with Gasteiger partial charge in [-0.15, -0.1) is 0 Å². The van der Waals surface area contributed by atoms with Crippen LogP contribution < -0.4 is 10.6 Å². The van der Waals surface area contributed by atoms with Gasteiger partial charge in [-0.25, -0.2) is 18.4 Å². The first-order chi connectivity index (χ1) is 9.84. The summed E-state index contributed by atoms with van der Waals surface area (Å²) in [5.74, 6) is -3.24. The molecule has 1 atom stereocenters. The first-order valence-electron chi connectivity index (χ1n) is 5.89. The second-order valence-corrected chi connectivity index (χ2v) is 5.43. The van der Waals surface area contributed by atoms with E-state index in [4.69, 9.17) is 9.84 Å². The molecule has 1 aromatic carbocycles. The summed E-state index contributed by atoms with van der Waals surface area (Å²) in [6.07, 6.45) is 0.0705. The quantitative estimate of drug-likeness (QED) is 0.766. The number of benzene rings is 1. The number of carboxylic acid groups (broad SMARTS) is 1. The number of hydrogen-bond acceptors (Lipinski definition) is 3. The molecule has 3 N–H and O–H groups in total. The Morgan fingerprint density at radius 1 is 1.33 bits per heavy atom. The zero-order chi connectivity index (χ0) is 15.6. The second-order valence-electron chi connectivity index (χ2n) is 4.51. The number of urea groups is 1. The Morgan fingerprint density at radius 3 is 2.43 bits per heavy atom. The number of carboxylic acids is 1. The van der Waals surface area contributed by atoms with E-state index in [1.54, 1.807) is 0 Å². The van der Waals surface area contributed by atoms with E-state index in [0.29, 0.717) is 0 Å². The van der Waals surface area contributed by atoms with E-state index in [0.717, 1.165) is 12.1 Å². The van der Waals surface area contributed by atoms with E-state index >= 15 is 0 Å². The number of rotatable bonds is 3. The second kappa shape index (κ2) is 5.94. The molecule has 2 rings (SSSR count). The van der Waals surface area contributed by atoms with Gasteiger partial charge in [-0.1, -0.05) is 15.9 Å². The number of halogens is 3. The highest BCUT2D eigenvalue weighted by Crippen LogP contribution is 2.24. The van der Waals surface area contributed by atoms with Gasteiger partial charge < -0.3 is 20.5 Å². The smallest absolute Gasteiger partial charge is 0.332 e. The normalized spacial score (nSPS) is 21.1. The molecule has 0 radical (unpaired) electrons. The molecule has 21 heavy (non-hydrogen) atoms. The van der Waals surface area contributed by atoms with Crippen molar-refractivity contribution in [2.45, 2.75) is 12.0 Å². The number of carbonyl (C=O) groups is 2. The van der Waals surface area contributed by atoms with Crippen molar-refractivity contribution < 1.29 is 28.2 Å². The van der Waals surface area contributed by atoms with Gasteiger partial charge in [0.25, 0.3) is 0 Å². The van der Waals surface area contributed by atoms with E-state index in [1.807, 2.05) is 5.32 Å². The highest BCUT2D eigenvalue weighted by molar-refractivity contribution is 9.10. The zero-order valence-corrected chi connectivity index (χ0v) is 12.2. The summed E-state index contributed by atoms with van der Waals surface area (Å²) in [6, 6.07) is 0.928. The molecule has 1 fully saturated rings. The van der Waals surface area contributed by atoms with Crippen LogP contribution in [0.1, 0.15) is 6.42 Å². The molecule has 0 bridgehead atoms. The van der Waals surface area contributed by atoms with Crippen LogP contribution in [0.15, 0.2) is 16.6 Å². The van der Waals surface area contributed by atoms with Crippen LogP contribution in [0.2, 0.25) is 0 Å². The number of aliphatic carboxylic acids is 1. The lowest BCUT2D eigenvalue weighted by Gasteiger charge is -2.23. The Bertz CT molecular complexity index is 568. The van der Waals surface area contributed by atoms with E-state index in [9.17, 15) is 18.4 Å². The molecule has 9 heteroatoms. The zero-order valence-electron chi connectivity index (χ0n) is 10.6. The Labute approximate surface area is 126 Å². The van der Waals surface area contributed by atoms with Crippen molar-refractivity contribution >= 4 is 33.6 Å². The van der Waals surface area contributed by atoms with Crippen LogP contribution >= 0.6 is 15.9 Å². The average molecular weight is 365 g/mol. The van der Waals surface area contributed by atoms with Gasteiger partial charge in [0.1, 0.15) is 5.69 Å². The number of nitrogens with one attached hydrogen (secondary N) is 2. The van der Waals surface area contributed by atoms with Gasteiger partial charge >= 0.3 is 12.0 Å². The fraction of sp³-hybridized carbons (Fsp3) is 0.333. The lowest BCUT2D eigenvalue weighted by molar-refractivity contribution is -0.144. The van der Waals surface area contributed by atoms with Crippen LogP contribution in [0.4, 0.5) is 19.3 Å². The first kappa shape index (κ1) is 15.6. The Kier molecular flexibility index (Phi) is 4.43. The average Bonchev–Trinajstić information content (AvgIpc) is 2.83. The van der Waals surface area contributed by atoms with E-state index < -0.39 is 34.9 Å². The summed E-state index contributed by atoms with van der Waals surface area (Å²) in [6.45, 7) is -0.0331. The van der Waals surface area contributed by atoms with Crippen LogP contribution in [0.25, 0.3) is 0 Å². The summed E-state index contributed by atoms with van der Waals surface area (Å²) in [5, 5.41) is 13.3. The fourth-order valence-electron chi connectivity index (χ4n) is 1.91. The largest absolute Gasteiger partial charge is 0.479 e. The molecule has 1 aliphatic rings. The molecule has 1 saturated heterocycles. The Balaban J connectivity index is 2.14. The van der Waals surface area contributed by atoms with Crippen LogP contribution in [0.3, 0.4) is 0 Å². The SMILES string of the molecule is O=C(Nc1c(F)cc(Br)cc1F)NC1(C(=O)O)CCOC1. The molecular weight excluding hydrogens is 354 g/mol. The summed E-state index contributed by atoms with van der Waals surface area (Å²) in [7, 11) is 0. The first-order valence-corrected chi connectivity index (χ1v) is 6.68. The predicted octanol–water partition coefficient (Wildman–Crippen LogP) is 2.09. The number of anilines is 1. The lowest BCUT2D eigenvalue weighted by Crippen LogP contribution is -2.56. The summed E-state index contributed by atoms with van der Waals surface area (Å²) in [5.41, 5.74) is -2.25. The molecule has 0 spiro atoms. The van der Waals surface area contributed by atoms with Crippen molar-refractivity contribution in [2.75, 3.05) is 18.5 Å². The molecule has 2 amide bonds. The minimum absolute atomic E-state index is 0.0705. The van der Waals surface area contributed by atoms with Crippen LogP contribution in [-0.2, 0) is 9.53 Å². The van der Waals surface area contributed by atoms with Crippen LogP contribution in [0, 0.1) is 11.6 Å². The third-order valence-electron chi connectivity index (χ3n) is 3.03.